The van der Waals surface area contributed by atoms with E-state index < -0.39 is 12.8 Å². The third-order valence-electron chi connectivity index (χ3n) is 2.79. The number of nitrogens with zero attached hydrogens (tertiary/aromatic N) is 2. The molecule has 0 bridgehead atoms. The molecular formula is C13H16F3N3O. The zero-order chi connectivity index (χ0) is 14.6. The van der Waals surface area contributed by atoms with Gasteiger partial charge in [-0.05, 0) is 13.1 Å². The molecule has 0 unspecified atom stereocenters. The van der Waals surface area contributed by atoms with Gasteiger partial charge in [0, 0.05) is 11.9 Å². The number of benzene rings is 1. The van der Waals surface area contributed by atoms with Gasteiger partial charge in [-0.3, -0.25) is 4.68 Å². The Morgan fingerprint density at radius 3 is 2.75 bits per heavy atom. The van der Waals surface area contributed by atoms with Gasteiger partial charge in [0.15, 0.2) is 0 Å². The Labute approximate surface area is 114 Å². The van der Waals surface area contributed by atoms with Gasteiger partial charge in [0.1, 0.15) is 6.61 Å². The molecule has 2 aromatic rings. The predicted octanol–water partition coefficient (Wildman–Crippen LogP) is 2.33. The molecule has 4 nitrogen and oxygen atoms in total. The van der Waals surface area contributed by atoms with Crippen LogP contribution >= 0.6 is 0 Å². The fourth-order valence-electron chi connectivity index (χ4n) is 2.00. The number of hydrogen-bond acceptors (Lipinski definition) is 3. The highest BCUT2D eigenvalue weighted by Gasteiger charge is 2.27. The van der Waals surface area contributed by atoms with Crippen molar-refractivity contribution in [1.82, 2.24) is 15.1 Å². The summed E-state index contributed by atoms with van der Waals surface area (Å²) in [5.74, 6) is 0. The zero-order valence-corrected chi connectivity index (χ0v) is 11.1. The zero-order valence-electron chi connectivity index (χ0n) is 11.1. The van der Waals surface area contributed by atoms with Gasteiger partial charge in [-0.1, -0.05) is 18.2 Å². The van der Waals surface area contributed by atoms with E-state index >= 15 is 0 Å². The maximum Gasteiger partial charge on any atom is 0.411 e. The van der Waals surface area contributed by atoms with Gasteiger partial charge in [0.25, 0.3) is 0 Å². The first kappa shape index (κ1) is 14.8. The van der Waals surface area contributed by atoms with E-state index in [0.29, 0.717) is 13.1 Å². The highest BCUT2D eigenvalue weighted by Crippen LogP contribution is 2.18. The number of nitrogens with one attached hydrogen (secondary N) is 1. The molecule has 2 rings (SSSR count). The average Bonchev–Trinajstić information content (AvgIpc) is 2.73. The molecule has 0 saturated carbocycles. The van der Waals surface area contributed by atoms with Gasteiger partial charge in [0.2, 0.25) is 0 Å². The Kier molecular flexibility index (Phi) is 4.61. The van der Waals surface area contributed by atoms with Gasteiger partial charge in [0.05, 0.1) is 24.4 Å². The molecule has 1 N–H and O–H groups in total. The molecule has 0 fully saturated rings. The normalized spacial score (nSPS) is 12.2. The smallest absolute Gasteiger partial charge is 0.370 e. The van der Waals surface area contributed by atoms with Crippen LogP contribution in [0.25, 0.3) is 10.9 Å². The molecule has 0 aliphatic heterocycles. The maximum atomic E-state index is 12.0. The second kappa shape index (κ2) is 6.23. The Morgan fingerprint density at radius 2 is 2.05 bits per heavy atom. The first-order valence-corrected chi connectivity index (χ1v) is 6.25. The number of aromatic nitrogens is 2. The van der Waals surface area contributed by atoms with Crippen LogP contribution in [-0.2, 0) is 17.8 Å². The van der Waals surface area contributed by atoms with E-state index in [0.717, 1.165) is 16.6 Å². The molecule has 0 saturated heterocycles. The molecule has 0 aliphatic rings. The largest absolute Gasteiger partial charge is 0.411 e. The first-order chi connectivity index (χ1) is 9.51. The highest BCUT2D eigenvalue weighted by atomic mass is 19.4. The highest BCUT2D eigenvalue weighted by molar-refractivity contribution is 5.81. The number of alkyl halides is 3. The summed E-state index contributed by atoms with van der Waals surface area (Å²) in [5.41, 5.74) is 1.77. The molecule has 0 aliphatic carbocycles. The molecule has 0 radical (unpaired) electrons. The lowest BCUT2D eigenvalue weighted by molar-refractivity contribution is -0.174. The van der Waals surface area contributed by atoms with Crippen LogP contribution in [0.3, 0.4) is 0 Å². The lowest BCUT2D eigenvalue weighted by Crippen LogP contribution is -2.19. The number of hydrogen-bond donors (Lipinski definition) is 1. The monoisotopic (exact) mass is 287 g/mol. The van der Waals surface area contributed by atoms with E-state index in [1.807, 2.05) is 31.3 Å². The van der Waals surface area contributed by atoms with E-state index in [-0.39, 0.29) is 6.61 Å². The fourth-order valence-corrected chi connectivity index (χ4v) is 2.00. The van der Waals surface area contributed by atoms with Crippen molar-refractivity contribution in [3.05, 3.63) is 30.0 Å². The Hall–Kier alpha value is -1.60. The van der Waals surface area contributed by atoms with Crippen molar-refractivity contribution in [2.45, 2.75) is 19.3 Å². The van der Waals surface area contributed by atoms with Crippen LogP contribution in [0.1, 0.15) is 5.69 Å². The van der Waals surface area contributed by atoms with Crippen molar-refractivity contribution in [1.29, 1.82) is 0 Å². The number of rotatable bonds is 6. The van der Waals surface area contributed by atoms with E-state index in [1.165, 1.54) is 0 Å². The summed E-state index contributed by atoms with van der Waals surface area (Å²) in [5, 5.41) is 8.42. The van der Waals surface area contributed by atoms with Gasteiger partial charge in [-0.15, -0.1) is 0 Å². The summed E-state index contributed by atoms with van der Waals surface area (Å²) in [4.78, 5) is 0. The van der Waals surface area contributed by atoms with Gasteiger partial charge >= 0.3 is 6.18 Å². The van der Waals surface area contributed by atoms with Gasteiger partial charge in [-0.2, -0.15) is 18.3 Å². The first-order valence-electron chi connectivity index (χ1n) is 6.25. The van der Waals surface area contributed by atoms with Gasteiger partial charge < -0.3 is 10.1 Å². The molecule has 1 heterocycles. The fraction of sp³-hybridized carbons (Fsp3) is 0.462. The van der Waals surface area contributed by atoms with Crippen molar-refractivity contribution in [2.24, 2.45) is 0 Å². The Balaban J connectivity index is 2.06. The second-order valence-electron chi connectivity index (χ2n) is 4.39. The van der Waals surface area contributed by atoms with Crippen LogP contribution in [0.4, 0.5) is 13.2 Å². The maximum absolute atomic E-state index is 12.0. The molecular weight excluding hydrogens is 271 g/mol. The van der Waals surface area contributed by atoms with Crippen molar-refractivity contribution in [3.63, 3.8) is 0 Å². The lowest BCUT2D eigenvalue weighted by Gasteiger charge is -2.08. The Morgan fingerprint density at radius 1 is 1.30 bits per heavy atom. The topological polar surface area (TPSA) is 39.1 Å². The van der Waals surface area contributed by atoms with Crippen LogP contribution in [0.15, 0.2) is 24.3 Å². The van der Waals surface area contributed by atoms with E-state index in [9.17, 15) is 13.2 Å². The van der Waals surface area contributed by atoms with Crippen LogP contribution < -0.4 is 5.32 Å². The Bertz CT molecular complexity index is 565. The quantitative estimate of drug-likeness (QED) is 0.829. The average molecular weight is 287 g/mol. The molecule has 0 spiro atoms. The summed E-state index contributed by atoms with van der Waals surface area (Å²) >= 11 is 0. The van der Waals surface area contributed by atoms with Crippen LogP contribution in [0.5, 0.6) is 0 Å². The lowest BCUT2D eigenvalue weighted by atomic mass is 10.2. The minimum atomic E-state index is -4.29. The third kappa shape index (κ3) is 3.71. The molecule has 1 aromatic heterocycles. The van der Waals surface area contributed by atoms with Crippen molar-refractivity contribution >= 4 is 10.9 Å². The molecule has 0 amide bonds. The van der Waals surface area contributed by atoms with Crippen molar-refractivity contribution in [2.75, 3.05) is 20.3 Å². The van der Waals surface area contributed by atoms with E-state index in [4.69, 9.17) is 0 Å². The summed E-state index contributed by atoms with van der Waals surface area (Å²) in [6.07, 6.45) is -4.29. The van der Waals surface area contributed by atoms with E-state index in [2.05, 4.69) is 15.2 Å². The number of fused-ring (bicyclic) bond motifs is 1. The summed E-state index contributed by atoms with van der Waals surface area (Å²) < 4.78 is 42.2. The number of para-hydroxylation sites is 1. The number of ether oxygens (including phenoxy) is 1. The molecule has 1 aromatic carbocycles. The summed E-state index contributed by atoms with van der Waals surface area (Å²) in [7, 11) is 1.82. The molecule has 7 heteroatoms. The van der Waals surface area contributed by atoms with Crippen LogP contribution in [0.2, 0.25) is 0 Å². The predicted molar refractivity (Wildman–Crippen MR) is 69.4 cm³/mol. The van der Waals surface area contributed by atoms with Crippen molar-refractivity contribution in [3.8, 4) is 0 Å². The van der Waals surface area contributed by atoms with Crippen molar-refractivity contribution < 1.29 is 17.9 Å². The van der Waals surface area contributed by atoms with Crippen LogP contribution in [-0.4, -0.2) is 36.2 Å². The standard InChI is InChI=1S/C13H16F3N3O/c1-17-8-11-10-4-2-3-5-12(10)19(18-11)6-7-20-9-13(14,15)16/h2-5,17H,6-9H2,1H3. The number of halogens is 3. The third-order valence-corrected chi connectivity index (χ3v) is 2.79. The second-order valence-corrected chi connectivity index (χ2v) is 4.39. The molecule has 110 valence electrons. The SMILES string of the molecule is CNCc1nn(CCOCC(F)(F)F)c2ccccc12. The summed E-state index contributed by atoms with van der Waals surface area (Å²) in [6, 6.07) is 7.63. The minimum Gasteiger partial charge on any atom is -0.370 e. The molecule has 0 atom stereocenters. The minimum absolute atomic E-state index is 0.0236. The van der Waals surface area contributed by atoms with Gasteiger partial charge in [-0.25, -0.2) is 0 Å². The summed E-state index contributed by atoms with van der Waals surface area (Å²) in [6.45, 7) is -0.350. The van der Waals surface area contributed by atoms with E-state index in [1.54, 1.807) is 4.68 Å². The van der Waals surface area contributed by atoms with Crippen LogP contribution in [0, 0.1) is 0 Å². The molecule has 20 heavy (non-hydrogen) atoms.